The molecule has 1 aromatic rings. The number of methoxy groups -OCH3 is 1. The van der Waals surface area contributed by atoms with Gasteiger partial charge in [0.2, 0.25) is 0 Å². The highest BCUT2D eigenvalue weighted by Gasteiger charge is 2.33. The molecule has 0 spiro atoms. The van der Waals surface area contributed by atoms with Crippen molar-refractivity contribution in [2.24, 2.45) is 0 Å². The highest BCUT2D eigenvalue weighted by Crippen LogP contribution is 2.28. The van der Waals surface area contributed by atoms with Gasteiger partial charge < -0.3 is 15.4 Å². The molecule has 1 unspecified atom stereocenters. The van der Waals surface area contributed by atoms with Crippen molar-refractivity contribution in [3.8, 4) is 0 Å². The number of carbonyl (C=O) groups excluding carboxylic acids is 1. The molecule has 2 rings (SSSR count). The zero-order valence-corrected chi connectivity index (χ0v) is 9.22. The number of hydrogen-bond acceptors (Lipinski definition) is 5. The van der Waals surface area contributed by atoms with E-state index in [4.69, 9.17) is 10.5 Å². The highest BCUT2D eigenvalue weighted by atomic mass is 16.5. The zero-order valence-electron chi connectivity index (χ0n) is 9.22. The van der Waals surface area contributed by atoms with Gasteiger partial charge in [-0.1, -0.05) is 0 Å². The lowest BCUT2D eigenvalue weighted by Crippen LogP contribution is -2.37. The predicted octanol–water partition coefficient (Wildman–Crippen LogP) is 0.806. The molecule has 0 radical (unpaired) electrons. The fourth-order valence-corrected chi connectivity index (χ4v) is 2.05. The van der Waals surface area contributed by atoms with Gasteiger partial charge in [0.15, 0.2) is 5.82 Å². The van der Waals surface area contributed by atoms with Crippen LogP contribution in [0.5, 0.6) is 0 Å². The molecule has 1 aliphatic rings. The maximum atomic E-state index is 11.6. The minimum Gasteiger partial charge on any atom is -0.467 e. The maximum absolute atomic E-state index is 11.6. The van der Waals surface area contributed by atoms with Crippen molar-refractivity contribution < 1.29 is 9.53 Å². The van der Waals surface area contributed by atoms with E-state index >= 15 is 0 Å². The number of esters is 1. The monoisotopic (exact) mass is 221 g/mol. The number of pyridine rings is 1. The van der Waals surface area contributed by atoms with Crippen molar-refractivity contribution in [2.45, 2.75) is 18.9 Å². The van der Waals surface area contributed by atoms with E-state index in [0.717, 1.165) is 19.4 Å². The second kappa shape index (κ2) is 4.38. The third kappa shape index (κ3) is 1.80. The molecule has 0 amide bonds. The van der Waals surface area contributed by atoms with Crippen LogP contribution in [0.25, 0.3) is 0 Å². The largest absolute Gasteiger partial charge is 0.467 e. The molecule has 1 atom stereocenters. The van der Waals surface area contributed by atoms with Crippen LogP contribution in [0, 0.1) is 0 Å². The number of nitrogen functional groups attached to an aromatic ring is 1. The molecular formula is C11H15N3O2. The van der Waals surface area contributed by atoms with Gasteiger partial charge in [-0.25, -0.2) is 9.78 Å². The fraction of sp³-hybridized carbons (Fsp3) is 0.455. The Labute approximate surface area is 94.2 Å². The lowest BCUT2D eigenvalue weighted by molar-refractivity contribution is -0.141. The quantitative estimate of drug-likeness (QED) is 0.748. The van der Waals surface area contributed by atoms with Crippen molar-refractivity contribution in [2.75, 3.05) is 24.3 Å². The zero-order chi connectivity index (χ0) is 11.5. The first kappa shape index (κ1) is 10.7. The number of anilines is 2. The van der Waals surface area contributed by atoms with Crippen molar-refractivity contribution in [3.63, 3.8) is 0 Å². The summed E-state index contributed by atoms with van der Waals surface area (Å²) in [5, 5.41) is 0. The Bertz CT molecular complexity index is 395. The summed E-state index contributed by atoms with van der Waals surface area (Å²) in [6, 6.07) is 3.32. The molecule has 1 aromatic heterocycles. The van der Waals surface area contributed by atoms with Crippen LogP contribution < -0.4 is 10.6 Å². The van der Waals surface area contributed by atoms with E-state index in [2.05, 4.69) is 4.98 Å². The summed E-state index contributed by atoms with van der Waals surface area (Å²) in [6.07, 6.45) is 3.43. The van der Waals surface area contributed by atoms with E-state index in [9.17, 15) is 4.79 Å². The van der Waals surface area contributed by atoms with Gasteiger partial charge in [-0.2, -0.15) is 0 Å². The molecular weight excluding hydrogens is 206 g/mol. The first-order valence-corrected chi connectivity index (χ1v) is 5.29. The van der Waals surface area contributed by atoms with E-state index in [1.807, 2.05) is 4.90 Å². The molecule has 16 heavy (non-hydrogen) atoms. The van der Waals surface area contributed by atoms with E-state index in [1.165, 1.54) is 7.11 Å². The molecule has 0 aromatic carbocycles. The Morgan fingerprint density at radius 2 is 2.50 bits per heavy atom. The van der Waals surface area contributed by atoms with Crippen LogP contribution in [0.3, 0.4) is 0 Å². The van der Waals surface area contributed by atoms with Gasteiger partial charge in [0, 0.05) is 12.7 Å². The average molecular weight is 221 g/mol. The Morgan fingerprint density at radius 1 is 1.69 bits per heavy atom. The van der Waals surface area contributed by atoms with Gasteiger partial charge in [-0.05, 0) is 25.0 Å². The summed E-state index contributed by atoms with van der Waals surface area (Å²) in [5.41, 5.74) is 6.44. The number of aromatic nitrogens is 1. The molecule has 0 bridgehead atoms. The summed E-state index contributed by atoms with van der Waals surface area (Å²) in [4.78, 5) is 17.7. The van der Waals surface area contributed by atoms with E-state index in [-0.39, 0.29) is 12.0 Å². The Morgan fingerprint density at radius 3 is 3.19 bits per heavy atom. The van der Waals surface area contributed by atoms with E-state index in [0.29, 0.717) is 11.5 Å². The van der Waals surface area contributed by atoms with Gasteiger partial charge in [-0.15, -0.1) is 0 Å². The lowest BCUT2D eigenvalue weighted by Gasteiger charge is -2.24. The number of ether oxygens (including phenoxy) is 1. The molecule has 0 saturated carbocycles. The number of nitrogens with two attached hydrogens (primary N) is 1. The van der Waals surface area contributed by atoms with Crippen molar-refractivity contribution in [3.05, 3.63) is 18.3 Å². The molecule has 2 heterocycles. The van der Waals surface area contributed by atoms with Crippen LogP contribution in [-0.2, 0) is 9.53 Å². The number of rotatable bonds is 2. The van der Waals surface area contributed by atoms with Gasteiger partial charge in [0.25, 0.3) is 0 Å². The van der Waals surface area contributed by atoms with Gasteiger partial charge in [-0.3, -0.25) is 0 Å². The predicted molar refractivity (Wildman–Crippen MR) is 61.0 cm³/mol. The number of carbonyl (C=O) groups is 1. The van der Waals surface area contributed by atoms with Crippen LogP contribution in [0.15, 0.2) is 18.3 Å². The van der Waals surface area contributed by atoms with Gasteiger partial charge in [0.1, 0.15) is 6.04 Å². The highest BCUT2D eigenvalue weighted by molar-refractivity contribution is 5.82. The van der Waals surface area contributed by atoms with E-state index in [1.54, 1.807) is 18.3 Å². The molecule has 5 nitrogen and oxygen atoms in total. The Kier molecular flexibility index (Phi) is 2.94. The second-order valence-corrected chi connectivity index (χ2v) is 3.79. The first-order chi connectivity index (χ1) is 7.74. The fourth-order valence-electron chi connectivity index (χ4n) is 2.05. The minimum atomic E-state index is -0.248. The minimum absolute atomic E-state index is 0.220. The second-order valence-electron chi connectivity index (χ2n) is 3.79. The summed E-state index contributed by atoms with van der Waals surface area (Å²) >= 11 is 0. The van der Waals surface area contributed by atoms with Crippen molar-refractivity contribution in [1.82, 2.24) is 4.98 Å². The van der Waals surface area contributed by atoms with Crippen molar-refractivity contribution >= 4 is 17.5 Å². The SMILES string of the molecule is COC(=O)C1CCCN1c1ncccc1N. The molecule has 1 fully saturated rings. The van der Waals surface area contributed by atoms with E-state index < -0.39 is 0 Å². The normalized spacial score (nSPS) is 19.8. The van der Waals surface area contributed by atoms with Crippen LogP contribution in [-0.4, -0.2) is 30.6 Å². The average Bonchev–Trinajstić information content (AvgIpc) is 2.77. The summed E-state index contributed by atoms with van der Waals surface area (Å²) in [5.74, 6) is 0.456. The summed E-state index contributed by atoms with van der Waals surface area (Å²) in [7, 11) is 1.40. The molecule has 86 valence electrons. The van der Waals surface area contributed by atoms with Crippen LogP contribution in [0.4, 0.5) is 11.5 Å². The van der Waals surface area contributed by atoms with Gasteiger partial charge in [0.05, 0.1) is 12.8 Å². The van der Waals surface area contributed by atoms with Crippen LogP contribution in [0.2, 0.25) is 0 Å². The molecule has 0 aliphatic carbocycles. The van der Waals surface area contributed by atoms with Crippen molar-refractivity contribution in [1.29, 1.82) is 0 Å². The summed E-state index contributed by atoms with van der Waals surface area (Å²) in [6.45, 7) is 0.793. The van der Waals surface area contributed by atoms with Crippen LogP contribution in [0.1, 0.15) is 12.8 Å². The van der Waals surface area contributed by atoms with Gasteiger partial charge >= 0.3 is 5.97 Å². The summed E-state index contributed by atoms with van der Waals surface area (Å²) < 4.78 is 4.78. The third-order valence-corrected chi connectivity index (χ3v) is 2.81. The maximum Gasteiger partial charge on any atom is 0.328 e. The molecule has 2 N–H and O–H groups in total. The Balaban J connectivity index is 2.27. The molecule has 5 heteroatoms. The topological polar surface area (TPSA) is 68.5 Å². The lowest BCUT2D eigenvalue weighted by atomic mass is 10.2. The number of hydrogen-bond donors (Lipinski definition) is 1. The Hall–Kier alpha value is -1.78. The van der Waals surface area contributed by atoms with Crippen LogP contribution >= 0.6 is 0 Å². The third-order valence-electron chi connectivity index (χ3n) is 2.81. The standard InChI is InChI=1S/C11H15N3O2/c1-16-11(15)9-5-3-7-14(9)10-8(12)4-2-6-13-10/h2,4,6,9H,3,5,7,12H2,1H3. The number of nitrogens with zero attached hydrogens (tertiary/aromatic N) is 2. The first-order valence-electron chi connectivity index (χ1n) is 5.29. The molecule has 1 saturated heterocycles. The molecule has 1 aliphatic heterocycles. The smallest absolute Gasteiger partial charge is 0.328 e.